The molecule has 0 aromatic carbocycles. The van der Waals surface area contributed by atoms with Crippen molar-refractivity contribution in [3.05, 3.63) is 16.7 Å². The maximum atomic E-state index is 11.7. The Hall–Kier alpha value is -2.46. The third kappa shape index (κ3) is 2.14. The minimum atomic E-state index is -1.05. The lowest BCUT2D eigenvalue weighted by Gasteiger charge is -2.13. The van der Waals surface area contributed by atoms with E-state index in [-0.39, 0.29) is 23.5 Å². The molecule has 0 aliphatic carbocycles. The summed E-state index contributed by atoms with van der Waals surface area (Å²) in [5, 5.41) is 18.3. The average Bonchev–Trinajstić information content (AvgIpc) is 3.01. The third-order valence-electron chi connectivity index (χ3n) is 3.49. The number of aliphatic hydroxyl groups excluding tert-OH is 1. The number of H-pyrrole nitrogens is 1. The first-order valence-corrected chi connectivity index (χ1v) is 6.22. The van der Waals surface area contributed by atoms with Crippen molar-refractivity contribution < 1.29 is 19.7 Å². The maximum absolute atomic E-state index is 11.7. The van der Waals surface area contributed by atoms with Gasteiger partial charge in [0.1, 0.15) is 6.23 Å². The minimum Gasteiger partial charge on any atom is -0.481 e. The molecule has 1 aliphatic heterocycles. The van der Waals surface area contributed by atoms with Gasteiger partial charge in [-0.3, -0.25) is 19.1 Å². The van der Waals surface area contributed by atoms with Crippen LogP contribution < -0.4 is 11.3 Å². The number of aromatic amines is 1. The number of hydrogen-bond acceptors (Lipinski definition) is 7. The Morgan fingerprint density at radius 1 is 1.62 bits per heavy atom. The highest BCUT2D eigenvalue weighted by Crippen LogP contribution is 2.34. The van der Waals surface area contributed by atoms with Crippen LogP contribution in [0.2, 0.25) is 0 Å². The van der Waals surface area contributed by atoms with Gasteiger partial charge in [0, 0.05) is 6.42 Å². The molecule has 10 nitrogen and oxygen atoms in total. The van der Waals surface area contributed by atoms with Crippen molar-refractivity contribution in [2.75, 3.05) is 12.3 Å². The Morgan fingerprint density at radius 2 is 2.38 bits per heavy atom. The molecule has 1 fully saturated rings. The predicted octanol–water partition coefficient (Wildman–Crippen LogP) is -1.32. The number of nitrogens with two attached hydrogens (primary N) is 1. The summed E-state index contributed by atoms with van der Waals surface area (Å²) in [7, 11) is 0. The number of fused-ring (bicyclic) bond motifs is 1. The Balaban J connectivity index is 2.02. The molecule has 1 saturated heterocycles. The van der Waals surface area contributed by atoms with Crippen molar-refractivity contribution in [2.24, 2.45) is 5.92 Å². The Bertz CT molecular complexity index is 753. The molecule has 0 unspecified atom stereocenters. The highest BCUT2D eigenvalue weighted by molar-refractivity contribution is 5.72. The fourth-order valence-electron chi connectivity index (χ4n) is 2.48. The topological polar surface area (TPSA) is 156 Å². The van der Waals surface area contributed by atoms with Gasteiger partial charge in [0.2, 0.25) is 5.95 Å². The van der Waals surface area contributed by atoms with E-state index in [1.165, 1.54) is 10.9 Å². The number of carboxylic acids is 1. The van der Waals surface area contributed by atoms with E-state index in [4.69, 9.17) is 15.6 Å². The molecule has 0 spiro atoms. The fraction of sp³-hybridized carbons (Fsp3) is 0.455. The molecular weight excluding hydrogens is 282 g/mol. The number of rotatable bonds is 3. The van der Waals surface area contributed by atoms with Crippen LogP contribution in [0.25, 0.3) is 11.2 Å². The van der Waals surface area contributed by atoms with Gasteiger partial charge in [-0.25, -0.2) is 4.98 Å². The van der Waals surface area contributed by atoms with Gasteiger partial charge < -0.3 is 20.7 Å². The first kappa shape index (κ1) is 13.5. The summed E-state index contributed by atoms with van der Waals surface area (Å²) in [5.74, 6) is -1.95. The first-order chi connectivity index (χ1) is 10.0. The first-order valence-electron chi connectivity index (χ1n) is 6.22. The molecule has 10 heteroatoms. The van der Waals surface area contributed by atoms with Crippen LogP contribution in [0.4, 0.5) is 5.95 Å². The van der Waals surface area contributed by atoms with Crippen LogP contribution >= 0.6 is 0 Å². The molecule has 3 rings (SSSR count). The smallest absolute Gasteiger partial charge is 0.309 e. The van der Waals surface area contributed by atoms with Crippen LogP contribution in [0.15, 0.2) is 11.1 Å². The molecule has 0 radical (unpaired) electrons. The second kappa shape index (κ2) is 4.82. The summed E-state index contributed by atoms with van der Waals surface area (Å²) in [5.41, 5.74) is 5.32. The van der Waals surface area contributed by atoms with Gasteiger partial charge in [-0.15, -0.1) is 0 Å². The fourth-order valence-corrected chi connectivity index (χ4v) is 2.48. The molecule has 3 heterocycles. The highest BCUT2D eigenvalue weighted by Gasteiger charge is 2.40. The quantitative estimate of drug-likeness (QED) is 0.543. The molecule has 2 aromatic heterocycles. The van der Waals surface area contributed by atoms with Crippen molar-refractivity contribution in [1.82, 2.24) is 19.5 Å². The molecule has 2 aromatic rings. The van der Waals surface area contributed by atoms with E-state index in [2.05, 4.69) is 15.0 Å². The SMILES string of the molecule is Nc1nc2c(ncn2[C@H]2C[C@H](C(=O)O)[C@@H](CO)O2)c(=O)[nH]1. The molecule has 0 amide bonds. The zero-order valence-corrected chi connectivity index (χ0v) is 10.8. The average molecular weight is 295 g/mol. The number of nitrogens with one attached hydrogen (secondary N) is 1. The summed E-state index contributed by atoms with van der Waals surface area (Å²) >= 11 is 0. The van der Waals surface area contributed by atoms with Crippen LogP contribution in [-0.4, -0.2) is 48.4 Å². The van der Waals surface area contributed by atoms with E-state index in [0.29, 0.717) is 0 Å². The largest absolute Gasteiger partial charge is 0.481 e. The van der Waals surface area contributed by atoms with Crippen LogP contribution in [0.5, 0.6) is 0 Å². The van der Waals surface area contributed by atoms with Crippen LogP contribution in [-0.2, 0) is 9.53 Å². The lowest BCUT2D eigenvalue weighted by atomic mass is 10.0. The maximum Gasteiger partial charge on any atom is 0.309 e. The lowest BCUT2D eigenvalue weighted by Crippen LogP contribution is -2.26. The summed E-state index contributed by atoms with van der Waals surface area (Å²) in [6.45, 7) is -0.407. The number of aliphatic carboxylic acids is 1. The van der Waals surface area contributed by atoms with Gasteiger partial charge in [-0.1, -0.05) is 0 Å². The number of imidazole rings is 1. The summed E-state index contributed by atoms with van der Waals surface area (Å²) < 4.78 is 6.97. The van der Waals surface area contributed by atoms with E-state index in [9.17, 15) is 14.7 Å². The predicted molar refractivity (Wildman–Crippen MR) is 69.3 cm³/mol. The van der Waals surface area contributed by atoms with Gasteiger partial charge in [0.05, 0.1) is 25.0 Å². The van der Waals surface area contributed by atoms with E-state index >= 15 is 0 Å². The van der Waals surface area contributed by atoms with Crippen molar-refractivity contribution >= 4 is 23.1 Å². The number of carbonyl (C=O) groups is 1. The molecule has 0 bridgehead atoms. The Kier molecular flexibility index (Phi) is 3.11. The second-order valence-corrected chi connectivity index (χ2v) is 4.77. The van der Waals surface area contributed by atoms with E-state index in [0.717, 1.165) is 0 Å². The number of aliphatic hydroxyl groups is 1. The van der Waals surface area contributed by atoms with E-state index in [1.807, 2.05) is 0 Å². The number of anilines is 1. The van der Waals surface area contributed by atoms with Crippen molar-refractivity contribution in [3.8, 4) is 0 Å². The molecular formula is C11H13N5O5. The molecule has 21 heavy (non-hydrogen) atoms. The molecule has 5 N–H and O–H groups in total. The molecule has 0 saturated carbocycles. The van der Waals surface area contributed by atoms with E-state index < -0.39 is 36.4 Å². The van der Waals surface area contributed by atoms with Crippen LogP contribution in [0.1, 0.15) is 12.6 Å². The van der Waals surface area contributed by atoms with E-state index in [1.54, 1.807) is 0 Å². The van der Waals surface area contributed by atoms with Gasteiger partial charge in [-0.05, 0) is 0 Å². The van der Waals surface area contributed by atoms with Gasteiger partial charge in [-0.2, -0.15) is 4.98 Å². The van der Waals surface area contributed by atoms with Crippen LogP contribution in [0.3, 0.4) is 0 Å². The highest BCUT2D eigenvalue weighted by atomic mass is 16.5. The summed E-state index contributed by atoms with van der Waals surface area (Å²) in [6.07, 6.45) is -0.0120. The summed E-state index contributed by atoms with van der Waals surface area (Å²) in [4.78, 5) is 33.1. The number of hydrogen-bond donors (Lipinski definition) is 4. The van der Waals surface area contributed by atoms with Gasteiger partial charge >= 0.3 is 5.97 Å². The minimum absolute atomic E-state index is 0.0688. The van der Waals surface area contributed by atoms with Crippen LogP contribution in [0, 0.1) is 5.92 Å². The molecule has 1 aliphatic rings. The van der Waals surface area contributed by atoms with Crippen molar-refractivity contribution in [2.45, 2.75) is 18.8 Å². The monoisotopic (exact) mass is 295 g/mol. The lowest BCUT2D eigenvalue weighted by molar-refractivity contribution is -0.144. The number of carboxylic acid groups (broad SMARTS) is 1. The zero-order chi connectivity index (χ0) is 15.1. The second-order valence-electron chi connectivity index (χ2n) is 4.77. The number of nitrogen functional groups attached to an aromatic ring is 1. The Labute approximate surface area is 117 Å². The Morgan fingerprint density at radius 3 is 3.00 bits per heavy atom. The normalized spacial score (nSPS) is 25.5. The van der Waals surface area contributed by atoms with Crippen molar-refractivity contribution in [1.29, 1.82) is 0 Å². The molecule has 3 atom stereocenters. The third-order valence-corrected chi connectivity index (χ3v) is 3.49. The van der Waals surface area contributed by atoms with Crippen molar-refractivity contribution in [3.63, 3.8) is 0 Å². The zero-order valence-electron chi connectivity index (χ0n) is 10.8. The number of ether oxygens (including phenoxy) is 1. The van der Waals surface area contributed by atoms with Gasteiger partial charge in [0.25, 0.3) is 5.56 Å². The summed E-state index contributed by atoms with van der Waals surface area (Å²) in [6, 6.07) is 0. The number of nitrogens with zero attached hydrogens (tertiary/aromatic N) is 3. The van der Waals surface area contributed by atoms with Gasteiger partial charge in [0.15, 0.2) is 11.2 Å². The number of aromatic nitrogens is 4. The standard InChI is InChI=1S/C11H13N5O5/c12-11-14-8-7(9(18)15-11)13-3-16(8)6-1-4(10(19)20)5(2-17)21-6/h3-6,17H,1-2H2,(H,19,20)(H3,12,14,15,18)/t4-,5+,6+/m0/s1. The molecule has 112 valence electrons.